The van der Waals surface area contributed by atoms with E-state index in [1.54, 1.807) is 0 Å². The molecule has 0 aliphatic heterocycles. The van der Waals surface area contributed by atoms with Crippen LogP contribution in [0.4, 0.5) is 0 Å². The van der Waals surface area contributed by atoms with E-state index in [1.807, 2.05) is 37.5 Å². The zero-order chi connectivity index (χ0) is 15.8. The molecule has 0 aromatic rings. The summed E-state index contributed by atoms with van der Waals surface area (Å²) in [5.74, 6) is 0. The summed E-state index contributed by atoms with van der Waals surface area (Å²) in [5, 5.41) is 0. The quantitative estimate of drug-likeness (QED) is 0.340. The third-order valence-corrected chi connectivity index (χ3v) is 3.08. The Bertz CT molecular complexity index is 206. The van der Waals surface area contributed by atoms with Crippen LogP contribution in [0.5, 0.6) is 0 Å². The summed E-state index contributed by atoms with van der Waals surface area (Å²) in [6.07, 6.45) is 0. The maximum absolute atomic E-state index is 4.93. The molecular weight excluding hydrogens is 466 g/mol. The van der Waals surface area contributed by atoms with Crippen LogP contribution in [-0.4, -0.2) is 63.5 Å². The van der Waals surface area contributed by atoms with Crippen molar-refractivity contribution in [3.8, 4) is 0 Å². The van der Waals surface area contributed by atoms with Crippen molar-refractivity contribution in [3.63, 3.8) is 0 Å². The van der Waals surface area contributed by atoms with E-state index in [2.05, 4.69) is 0 Å². The first-order valence-electron chi connectivity index (χ1n) is 5.74. The van der Waals surface area contributed by atoms with E-state index < -0.39 is 18.9 Å². The Morgan fingerprint density at radius 1 is 0.842 bits per heavy atom. The molecule has 2 nitrogen and oxygen atoms in total. The van der Waals surface area contributed by atoms with Gasteiger partial charge in [0.05, 0.1) is 0 Å². The second-order valence-corrected chi connectivity index (χ2v) is 9.25. The molecule has 0 atom stereocenters. The van der Waals surface area contributed by atoms with Gasteiger partial charge in [0, 0.05) is 26.2 Å². The standard InChI is InChI=1S/2C5H11NS2.2ClH.Sn/c2*1-3-6(4-2)5(7)8;;;/h2*3-4H2,1-2H3,(H,7,8);2*1H;/q;;;;+4/p-4. The maximum atomic E-state index is 4.93. The summed E-state index contributed by atoms with van der Waals surface area (Å²) in [6.45, 7) is 11.9. The fourth-order valence-electron chi connectivity index (χ4n) is 0.964. The first-order chi connectivity index (χ1) is 8.85. The van der Waals surface area contributed by atoms with Crippen LogP contribution in [-0.2, 0) is 25.3 Å². The van der Waals surface area contributed by atoms with Crippen molar-refractivity contribution >= 4 is 95.1 Å². The fraction of sp³-hybridized carbons (Fsp3) is 0.800. The van der Waals surface area contributed by atoms with Gasteiger partial charge in [-0.3, -0.25) is 0 Å². The SMILES string of the molecule is CCN(CC)C(=S)[S-].CCN(CC)C(=S)[S-].[Cl][Sn+2][Cl]. The van der Waals surface area contributed by atoms with Gasteiger partial charge < -0.3 is 59.5 Å². The van der Waals surface area contributed by atoms with Crippen molar-refractivity contribution in [2.75, 3.05) is 26.2 Å². The summed E-state index contributed by atoms with van der Waals surface area (Å²) in [6, 6.07) is 0. The second-order valence-electron chi connectivity index (χ2n) is 2.95. The molecule has 9 heteroatoms. The molecule has 0 N–H and O–H groups in total. The molecular formula is C10H20Cl2N2S4Sn. The zero-order valence-corrected chi connectivity index (χ0v) is 19.2. The predicted molar refractivity (Wildman–Crippen MR) is 103 cm³/mol. The van der Waals surface area contributed by atoms with E-state index in [-0.39, 0.29) is 0 Å². The topological polar surface area (TPSA) is 6.48 Å². The van der Waals surface area contributed by atoms with E-state index in [4.69, 9.17) is 67.5 Å². The van der Waals surface area contributed by atoms with Gasteiger partial charge in [0.2, 0.25) is 0 Å². The first-order valence-corrected chi connectivity index (χ1v) is 14.6. The van der Waals surface area contributed by atoms with Gasteiger partial charge in [-0.15, -0.1) is 0 Å². The molecule has 0 radical (unpaired) electrons. The molecule has 0 spiro atoms. The average Bonchev–Trinajstić information content (AvgIpc) is 2.33. The summed E-state index contributed by atoms with van der Waals surface area (Å²) in [7, 11) is 9.87. The van der Waals surface area contributed by atoms with Crippen LogP contribution in [0.1, 0.15) is 27.7 Å². The molecule has 0 aliphatic rings. The van der Waals surface area contributed by atoms with Gasteiger partial charge in [-0.1, -0.05) is 8.64 Å². The van der Waals surface area contributed by atoms with Crippen molar-refractivity contribution in [2.45, 2.75) is 27.7 Å². The van der Waals surface area contributed by atoms with Gasteiger partial charge >= 0.3 is 36.7 Å². The molecule has 0 unspecified atom stereocenters. The van der Waals surface area contributed by atoms with Gasteiger partial charge in [-0.05, 0) is 27.7 Å². The van der Waals surface area contributed by atoms with E-state index in [0.29, 0.717) is 8.64 Å². The molecule has 0 aromatic heterocycles. The molecule has 19 heavy (non-hydrogen) atoms. The predicted octanol–water partition coefficient (Wildman–Crippen LogP) is 3.32. The van der Waals surface area contributed by atoms with Gasteiger partial charge in [-0.2, -0.15) is 0 Å². The van der Waals surface area contributed by atoms with Crippen molar-refractivity contribution in [1.82, 2.24) is 9.80 Å². The molecule has 0 saturated heterocycles. The first kappa shape index (κ1) is 25.5. The van der Waals surface area contributed by atoms with Crippen molar-refractivity contribution < 1.29 is 0 Å². The van der Waals surface area contributed by atoms with Crippen molar-refractivity contribution in [1.29, 1.82) is 0 Å². The fourth-order valence-corrected chi connectivity index (χ4v) is 2.00. The number of nitrogens with zero attached hydrogens (tertiary/aromatic N) is 2. The van der Waals surface area contributed by atoms with Crippen LogP contribution in [0.2, 0.25) is 0 Å². The third kappa shape index (κ3) is 19.6. The van der Waals surface area contributed by atoms with E-state index in [9.17, 15) is 0 Å². The summed E-state index contributed by atoms with van der Waals surface area (Å²) in [5.41, 5.74) is 0. The Kier molecular flexibility index (Phi) is 26.4. The molecule has 0 amide bonds. The average molecular weight is 486 g/mol. The molecule has 0 rings (SSSR count). The molecule has 0 aromatic carbocycles. The molecule has 0 fully saturated rings. The Morgan fingerprint density at radius 3 is 1.00 bits per heavy atom. The van der Waals surface area contributed by atoms with Gasteiger partial charge in [-0.25, -0.2) is 0 Å². The van der Waals surface area contributed by atoms with Crippen LogP contribution in [0.25, 0.3) is 0 Å². The Hall–Kier alpha value is 1.60. The molecule has 112 valence electrons. The van der Waals surface area contributed by atoms with Crippen LogP contribution < -0.4 is 0 Å². The number of halogens is 2. The number of thiocarbonyl (C=S) groups is 2. The van der Waals surface area contributed by atoms with Crippen LogP contribution in [0.15, 0.2) is 0 Å². The van der Waals surface area contributed by atoms with Crippen LogP contribution in [0, 0.1) is 0 Å². The van der Waals surface area contributed by atoms with Crippen molar-refractivity contribution in [3.05, 3.63) is 0 Å². The number of hydrogen-bond acceptors (Lipinski definition) is 4. The summed E-state index contributed by atoms with van der Waals surface area (Å²) >= 11 is 18.2. The van der Waals surface area contributed by atoms with E-state index in [1.165, 1.54) is 0 Å². The number of rotatable bonds is 4. The molecule has 0 saturated carbocycles. The Morgan fingerprint density at radius 2 is 1.00 bits per heavy atom. The van der Waals surface area contributed by atoms with Gasteiger partial charge in [0.15, 0.2) is 0 Å². The Balaban J connectivity index is -0.000000224. The molecule has 0 aliphatic carbocycles. The van der Waals surface area contributed by atoms with Crippen LogP contribution >= 0.6 is 42.3 Å². The Labute approximate surface area is 157 Å². The van der Waals surface area contributed by atoms with E-state index in [0.717, 1.165) is 26.2 Å². The normalized spacial score (nSPS) is 7.89. The number of hydrogen-bond donors (Lipinski definition) is 0. The summed E-state index contributed by atoms with van der Waals surface area (Å²) < 4.78 is 1.16. The van der Waals surface area contributed by atoms with E-state index >= 15 is 0 Å². The second kappa shape index (κ2) is 19.6. The monoisotopic (exact) mass is 486 g/mol. The van der Waals surface area contributed by atoms with Crippen molar-refractivity contribution in [2.24, 2.45) is 0 Å². The van der Waals surface area contributed by atoms with Gasteiger partial charge in [0.1, 0.15) is 0 Å². The van der Waals surface area contributed by atoms with Gasteiger partial charge in [0.25, 0.3) is 0 Å². The zero-order valence-electron chi connectivity index (χ0n) is 11.6. The van der Waals surface area contributed by atoms with Crippen LogP contribution in [0.3, 0.4) is 0 Å². The molecule has 0 heterocycles. The third-order valence-electron chi connectivity index (χ3n) is 2.04. The summed E-state index contributed by atoms with van der Waals surface area (Å²) in [4.78, 5) is 3.93. The molecule has 0 bridgehead atoms. The minimum absolute atomic E-state index is 0.579. The minimum atomic E-state index is -0.826.